The van der Waals surface area contributed by atoms with Crippen molar-refractivity contribution < 1.29 is 23.8 Å². The zero-order chi connectivity index (χ0) is 19.3. The van der Waals surface area contributed by atoms with Gasteiger partial charge in [-0.25, -0.2) is 9.18 Å². The number of carbonyl (C=O) groups excluding carboxylic acids is 1. The van der Waals surface area contributed by atoms with Gasteiger partial charge in [-0.3, -0.25) is 4.79 Å². The Morgan fingerprint density at radius 1 is 1.19 bits per heavy atom. The highest BCUT2D eigenvalue weighted by atomic mass is 19.1. The zero-order valence-corrected chi connectivity index (χ0v) is 15.0. The van der Waals surface area contributed by atoms with E-state index in [2.05, 4.69) is 5.32 Å². The number of aryl methyl sites for hydroxylation is 1. The molecule has 2 N–H and O–H groups in total. The number of carboxylic acid groups (broad SMARTS) is 1. The molecule has 0 heterocycles. The normalized spacial score (nSPS) is 12.9. The molecule has 2 aromatic carbocycles. The number of carbonyl (C=O) groups is 2. The van der Waals surface area contributed by atoms with Crippen molar-refractivity contribution in [2.24, 2.45) is 5.92 Å². The van der Waals surface area contributed by atoms with Crippen molar-refractivity contribution in [2.45, 2.75) is 26.3 Å². The van der Waals surface area contributed by atoms with Crippen molar-refractivity contribution in [3.05, 3.63) is 65.0 Å². The van der Waals surface area contributed by atoms with Gasteiger partial charge in [0.25, 0.3) is 0 Å². The summed E-state index contributed by atoms with van der Waals surface area (Å²) in [5.74, 6) is -1.69. The Bertz CT molecular complexity index is 789. The predicted molar refractivity (Wildman–Crippen MR) is 95.5 cm³/mol. The highest BCUT2D eigenvalue weighted by molar-refractivity contribution is 5.85. The van der Waals surface area contributed by atoms with Gasteiger partial charge in [0.1, 0.15) is 11.6 Å². The monoisotopic (exact) mass is 359 g/mol. The summed E-state index contributed by atoms with van der Waals surface area (Å²) in [6, 6.07) is 10.1. The molecule has 0 aliphatic heterocycles. The fourth-order valence-corrected chi connectivity index (χ4v) is 2.63. The van der Waals surface area contributed by atoms with Gasteiger partial charge >= 0.3 is 5.97 Å². The first-order valence-electron chi connectivity index (χ1n) is 8.24. The maximum Gasteiger partial charge on any atom is 0.330 e. The molecule has 0 aliphatic rings. The Morgan fingerprint density at radius 2 is 1.85 bits per heavy atom. The molecule has 2 rings (SSSR count). The summed E-state index contributed by atoms with van der Waals surface area (Å²) < 4.78 is 18.5. The van der Waals surface area contributed by atoms with Gasteiger partial charge in [-0.05, 0) is 48.2 Å². The molecular formula is C20H22FNO4. The van der Waals surface area contributed by atoms with Gasteiger partial charge < -0.3 is 15.2 Å². The largest absolute Gasteiger partial charge is 0.497 e. The van der Waals surface area contributed by atoms with E-state index in [9.17, 15) is 19.1 Å². The second-order valence-corrected chi connectivity index (χ2v) is 6.24. The number of halogens is 1. The molecule has 26 heavy (non-hydrogen) atoms. The van der Waals surface area contributed by atoms with Crippen molar-refractivity contribution in [1.82, 2.24) is 5.32 Å². The highest BCUT2D eigenvalue weighted by Crippen LogP contribution is 2.19. The molecule has 2 atom stereocenters. The van der Waals surface area contributed by atoms with Crippen molar-refractivity contribution in [2.75, 3.05) is 7.11 Å². The number of carboxylic acids is 1. The van der Waals surface area contributed by atoms with Crippen molar-refractivity contribution in [3.63, 3.8) is 0 Å². The Labute approximate surface area is 151 Å². The van der Waals surface area contributed by atoms with E-state index in [-0.39, 0.29) is 5.91 Å². The molecule has 0 fully saturated rings. The van der Waals surface area contributed by atoms with Crippen LogP contribution in [0.3, 0.4) is 0 Å². The van der Waals surface area contributed by atoms with Crippen LogP contribution in [0.25, 0.3) is 0 Å². The smallest absolute Gasteiger partial charge is 0.330 e. The van der Waals surface area contributed by atoms with Crippen LogP contribution in [-0.4, -0.2) is 24.1 Å². The van der Waals surface area contributed by atoms with E-state index in [1.807, 2.05) is 12.1 Å². The van der Waals surface area contributed by atoms with Crippen LogP contribution in [0.1, 0.15) is 29.7 Å². The molecule has 0 radical (unpaired) electrons. The lowest BCUT2D eigenvalue weighted by Gasteiger charge is -2.19. The first-order valence-corrected chi connectivity index (χ1v) is 8.24. The fourth-order valence-electron chi connectivity index (χ4n) is 2.63. The summed E-state index contributed by atoms with van der Waals surface area (Å²) in [5, 5.41) is 12.0. The van der Waals surface area contributed by atoms with Gasteiger partial charge in [0.2, 0.25) is 5.91 Å². The van der Waals surface area contributed by atoms with Crippen LogP contribution in [0.4, 0.5) is 4.39 Å². The van der Waals surface area contributed by atoms with Crippen LogP contribution in [0, 0.1) is 18.7 Å². The average molecular weight is 359 g/mol. The number of benzene rings is 2. The first kappa shape index (κ1) is 19.4. The Kier molecular flexibility index (Phi) is 6.33. The Hall–Kier alpha value is -2.89. The van der Waals surface area contributed by atoms with Gasteiger partial charge in [0, 0.05) is 5.92 Å². The predicted octanol–water partition coefficient (Wildman–Crippen LogP) is 3.26. The number of hydrogen-bond acceptors (Lipinski definition) is 3. The lowest BCUT2D eigenvalue weighted by molar-refractivity contribution is -0.142. The summed E-state index contributed by atoms with van der Waals surface area (Å²) in [7, 11) is 1.58. The van der Waals surface area contributed by atoms with E-state index < -0.39 is 23.7 Å². The van der Waals surface area contributed by atoms with Crippen LogP contribution < -0.4 is 10.1 Å². The molecular weight excluding hydrogens is 337 g/mol. The summed E-state index contributed by atoms with van der Waals surface area (Å²) in [6.45, 7) is 3.28. The van der Waals surface area contributed by atoms with E-state index in [0.717, 1.165) is 11.3 Å². The zero-order valence-electron chi connectivity index (χ0n) is 15.0. The number of rotatable bonds is 7. The third-order valence-corrected chi connectivity index (χ3v) is 4.20. The van der Waals surface area contributed by atoms with E-state index >= 15 is 0 Å². The minimum Gasteiger partial charge on any atom is -0.497 e. The van der Waals surface area contributed by atoms with Crippen LogP contribution in [0.5, 0.6) is 5.75 Å². The summed E-state index contributed by atoms with van der Waals surface area (Å²) in [5.41, 5.74) is 1.61. The fraction of sp³-hybridized carbons (Fsp3) is 0.300. The third kappa shape index (κ3) is 4.81. The van der Waals surface area contributed by atoms with E-state index in [1.165, 1.54) is 18.2 Å². The van der Waals surface area contributed by atoms with Crippen LogP contribution in [0.15, 0.2) is 42.5 Å². The van der Waals surface area contributed by atoms with E-state index in [4.69, 9.17) is 4.74 Å². The number of methoxy groups -OCH3 is 1. The molecule has 5 nitrogen and oxygen atoms in total. The minimum absolute atomic E-state index is 0.328. The van der Waals surface area contributed by atoms with Gasteiger partial charge in [0.15, 0.2) is 6.04 Å². The maximum absolute atomic E-state index is 13.4. The molecule has 1 amide bonds. The van der Waals surface area contributed by atoms with E-state index in [1.54, 1.807) is 33.1 Å². The molecule has 6 heteroatoms. The molecule has 0 saturated carbocycles. The van der Waals surface area contributed by atoms with Crippen molar-refractivity contribution >= 4 is 11.9 Å². The SMILES string of the molecule is COc1ccc(CC(C)C(=O)NC(C(=O)O)c2ccc(F)c(C)c2)cc1. The average Bonchev–Trinajstić information content (AvgIpc) is 2.62. The van der Waals surface area contributed by atoms with E-state index in [0.29, 0.717) is 17.5 Å². The van der Waals surface area contributed by atoms with Crippen molar-refractivity contribution in [3.8, 4) is 5.75 Å². The van der Waals surface area contributed by atoms with Gasteiger partial charge in [-0.2, -0.15) is 0 Å². The van der Waals surface area contributed by atoms with Gasteiger partial charge in [-0.15, -0.1) is 0 Å². The second kappa shape index (κ2) is 8.47. The Balaban J connectivity index is 2.08. The van der Waals surface area contributed by atoms with Crippen molar-refractivity contribution in [1.29, 1.82) is 0 Å². The number of hydrogen-bond donors (Lipinski definition) is 2. The second-order valence-electron chi connectivity index (χ2n) is 6.24. The lowest BCUT2D eigenvalue weighted by atomic mass is 9.98. The molecule has 2 unspecified atom stereocenters. The van der Waals surface area contributed by atoms with Gasteiger partial charge in [0.05, 0.1) is 7.11 Å². The molecule has 138 valence electrons. The first-order chi connectivity index (χ1) is 12.3. The van der Waals surface area contributed by atoms with Crippen LogP contribution in [0.2, 0.25) is 0 Å². The van der Waals surface area contributed by atoms with Crippen LogP contribution >= 0.6 is 0 Å². The summed E-state index contributed by atoms with van der Waals surface area (Å²) >= 11 is 0. The molecule has 0 spiro atoms. The molecule has 0 saturated heterocycles. The Morgan fingerprint density at radius 3 is 2.38 bits per heavy atom. The lowest BCUT2D eigenvalue weighted by Crippen LogP contribution is -2.37. The number of amides is 1. The summed E-state index contributed by atoms with van der Waals surface area (Å²) in [6.07, 6.45) is 0.463. The molecule has 2 aromatic rings. The summed E-state index contributed by atoms with van der Waals surface area (Å²) in [4.78, 5) is 24.0. The number of aliphatic carboxylic acids is 1. The highest BCUT2D eigenvalue weighted by Gasteiger charge is 2.25. The third-order valence-electron chi connectivity index (χ3n) is 4.20. The van der Waals surface area contributed by atoms with Crippen LogP contribution in [-0.2, 0) is 16.0 Å². The molecule has 0 bridgehead atoms. The number of nitrogens with one attached hydrogen (secondary N) is 1. The number of ether oxygens (including phenoxy) is 1. The van der Waals surface area contributed by atoms with Gasteiger partial charge in [-0.1, -0.05) is 31.2 Å². The topological polar surface area (TPSA) is 75.6 Å². The molecule has 0 aliphatic carbocycles. The maximum atomic E-state index is 13.4. The quantitative estimate of drug-likeness (QED) is 0.796. The standard InChI is InChI=1S/C20H22FNO4/c1-12-11-15(6-9-17(12)21)18(20(24)25)22-19(23)13(2)10-14-4-7-16(26-3)8-5-14/h4-9,11,13,18H,10H2,1-3H3,(H,22,23)(H,24,25). The molecule has 0 aromatic heterocycles. The minimum atomic E-state index is -1.22.